The normalized spacial score (nSPS) is 14.4. The molecule has 16 nitrogen and oxygen atoms in total. The molecule has 352 valence electrons. The molecule has 0 saturated carbocycles. The molecule has 2 unspecified atom stereocenters. The maximum Gasteiger partial charge on any atom is 0.340 e. The average Bonchev–Trinajstić information content (AvgIpc) is 3.35. The van der Waals surface area contributed by atoms with E-state index in [4.69, 9.17) is 37.9 Å². The Bertz CT molecular complexity index is 1950. The number of carbonyl (C=O) groups excluding carboxylic acids is 4. The third kappa shape index (κ3) is 18.2. The lowest BCUT2D eigenvalue weighted by molar-refractivity contribution is -0.288. The van der Waals surface area contributed by atoms with Crippen LogP contribution in [-0.4, -0.2) is 96.0 Å². The Balaban J connectivity index is 0.971. The van der Waals surface area contributed by atoms with Crippen LogP contribution >= 0.6 is 0 Å². The van der Waals surface area contributed by atoms with Gasteiger partial charge in [-0.25, -0.2) is 39.1 Å². The summed E-state index contributed by atoms with van der Waals surface area (Å²) in [6.07, 6.45) is 20.6. The molecule has 0 bridgehead atoms. The molecule has 1 saturated heterocycles. The van der Waals surface area contributed by atoms with Crippen molar-refractivity contribution in [2.75, 3.05) is 39.6 Å². The zero-order valence-electron chi connectivity index (χ0n) is 37.5. The summed E-state index contributed by atoms with van der Waals surface area (Å²) in [6.45, 7) is 9.05. The van der Waals surface area contributed by atoms with Crippen LogP contribution in [0.25, 0.3) is 22.8 Å². The van der Waals surface area contributed by atoms with Crippen molar-refractivity contribution in [2.45, 2.75) is 102 Å². The predicted molar refractivity (Wildman–Crippen MR) is 243 cm³/mol. The molecule has 0 N–H and O–H groups in total. The molecule has 2 aromatic heterocycles. The number of unbranched alkanes of at least 4 members (excludes halogenated alkanes) is 12. The average molecular weight is 909 g/mol. The van der Waals surface area contributed by atoms with E-state index in [9.17, 15) is 19.2 Å². The summed E-state index contributed by atoms with van der Waals surface area (Å²) in [5.41, 5.74) is 1.86. The maximum atomic E-state index is 13.1. The van der Waals surface area contributed by atoms with Crippen LogP contribution < -0.4 is 9.47 Å². The standard InChI is InChI=1S/C50H60N4O12/c1-3-43(55)61-29-17-13-9-5-7-11-15-27-59-41-33-51-45(52-34-41)37-19-23-39(24-20-37)47(57)65-49-50(64-32-31-63-49)66-48(58)40-25-21-38(22-26-40)46-53-35-42(36-54-46)60-28-16-12-8-6-10-14-18-30-62-44(56)4-2/h3-4,19-26,33-36,49-50H,1-2,5-18,27-32H2. The molecule has 66 heavy (non-hydrogen) atoms. The number of rotatable bonds is 30. The Labute approximate surface area is 386 Å². The van der Waals surface area contributed by atoms with E-state index in [-0.39, 0.29) is 36.3 Å². The van der Waals surface area contributed by atoms with Crippen molar-refractivity contribution in [1.82, 2.24) is 19.9 Å². The lowest BCUT2D eigenvalue weighted by atomic mass is 10.1. The molecule has 0 amide bonds. The summed E-state index contributed by atoms with van der Waals surface area (Å²) in [6, 6.07) is 13.2. The summed E-state index contributed by atoms with van der Waals surface area (Å²) in [7, 11) is 0. The van der Waals surface area contributed by atoms with Crippen LogP contribution in [0.4, 0.5) is 0 Å². The zero-order chi connectivity index (χ0) is 46.6. The number of benzene rings is 2. The molecule has 1 aliphatic heterocycles. The van der Waals surface area contributed by atoms with Gasteiger partial charge in [-0.15, -0.1) is 0 Å². The highest BCUT2D eigenvalue weighted by molar-refractivity contribution is 5.91. The van der Waals surface area contributed by atoms with Gasteiger partial charge < -0.3 is 37.9 Å². The lowest BCUT2D eigenvalue weighted by Crippen LogP contribution is -2.44. The minimum atomic E-state index is -1.29. The molecule has 16 heteroatoms. The van der Waals surface area contributed by atoms with Gasteiger partial charge in [0.1, 0.15) is 0 Å². The summed E-state index contributed by atoms with van der Waals surface area (Å²) >= 11 is 0. The van der Waals surface area contributed by atoms with Crippen LogP contribution in [0, 0.1) is 0 Å². The van der Waals surface area contributed by atoms with Gasteiger partial charge in [0.15, 0.2) is 23.1 Å². The van der Waals surface area contributed by atoms with Crippen LogP contribution in [0.2, 0.25) is 0 Å². The molecular formula is C50H60N4O12. The van der Waals surface area contributed by atoms with E-state index in [0.717, 1.165) is 89.9 Å². The molecule has 0 aliphatic carbocycles. The summed E-state index contributed by atoms with van der Waals surface area (Å²) < 4.78 is 44.0. The van der Waals surface area contributed by atoms with Gasteiger partial charge in [0.2, 0.25) is 0 Å². The number of esters is 4. The van der Waals surface area contributed by atoms with Gasteiger partial charge >= 0.3 is 23.9 Å². The highest BCUT2D eigenvalue weighted by Gasteiger charge is 2.34. The molecule has 1 fully saturated rings. The highest BCUT2D eigenvalue weighted by atomic mass is 16.8. The number of nitrogens with zero attached hydrogens (tertiary/aromatic N) is 4. The van der Waals surface area contributed by atoms with Crippen molar-refractivity contribution in [3.8, 4) is 34.3 Å². The van der Waals surface area contributed by atoms with Crippen LogP contribution in [0.1, 0.15) is 111 Å². The van der Waals surface area contributed by atoms with E-state index >= 15 is 0 Å². The topological polar surface area (TPSA) is 194 Å². The molecule has 3 heterocycles. The van der Waals surface area contributed by atoms with Crippen LogP contribution in [0.15, 0.2) is 98.6 Å². The Morgan fingerprint density at radius 2 is 0.803 bits per heavy atom. The van der Waals surface area contributed by atoms with Gasteiger partial charge in [0.05, 0.1) is 75.6 Å². The van der Waals surface area contributed by atoms with Crippen LogP contribution in [-0.2, 0) is 38.0 Å². The first-order valence-electron chi connectivity index (χ1n) is 22.7. The SMILES string of the molecule is C=CC(=O)OCCCCCCCCCOc1cnc(-c2ccc(C(=O)OC3OCCOC3OC(=O)c3ccc(-c4ncc(OCCCCCCCCCOC(=O)C=C)cn4)cc3)cc2)nc1. The highest BCUT2D eigenvalue weighted by Crippen LogP contribution is 2.23. The maximum absolute atomic E-state index is 13.1. The van der Waals surface area contributed by atoms with Gasteiger partial charge in [-0.05, 0) is 49.9 Å². The minimum Gasteiger partial charge on any atom is -0.490 e. The van der Waals surface area contributed by atoms with Crippen molar-refractivity contribution < 1.29 is 57.1 Å². The molecular weight excluding hydrogens is 849 g/mol. The molecule has 5 rings (SSSR count). The number of aromatic nitrogens is 4. The largest absolute Gasteiger partial charge is 0.490 e. The van der Waals surface area contributed by atoms with E-state index in [1.54, 1.807) is 73.3 Å². The number of carbonyl (C=O) groups is 4. The summed E-state index contributed by atoms with van der Waals surface area (Å²) in [5, 5.41) is 0. The molecule has 1 aliphatic rings. The quantitative estimate of drug-likeness (QED) is 0.0208. The van der Waals surface area contributed by atoms with Crippen molar-refractivity contribution in [1.29, 1.82) is 0 Å². The summed E-state index contributed by atoms with van der Waals surface area (Å²) in [4.78, 5) is 66.0. The third-order valence-electron chi connectivity index (χ3n) is 10.3. The first-order chi connectivity index (χ1) is 32.3. The Morgan fingerprint density at radius 3 is 1.14 bits per heavy atom. The van der Waals surface area contributed by atoms with Crippen LogP contribution in [0.5, 0.6) is 11.5 Å². The number of hydrogen-bond acceptors (Lipinski definition) is 16. The lowest BCUT2D eigenvalue weighted by Gasteiger charge is -2.30. The van der Waals surface area contributed by atoms with Crippen molar-refractivity contribution in [2.24, 2.45) is 0 Å². The van der Waals surface area contributed by atoms with Gasteiger partial charge in [0, 0.05) is 23.3 Å². The smallest absolute Gasteiger partial charge is 0.340 e. The van der Waals surface area contributed by atoms with Crippen molar-refractivity contribution >= 4 is 23.9 Å². The molecule has 2 atom stereocenters. The first kappa shape index (κ1) is 50.5. The van der Waals surface area contributed by atoms with E-state index in [1.165, 1.54) is 12.2 Å². The Kier molecular flexibility index (Phi) is 22.3. The molecule has 0 spiro atoms. The van der Waals surface area contributed by atoms with E-state index in [0.29, 0.717) is 60.7 Å². The van der Waals surface area contributed by atoms with Crippen molar-refractivity contribution in [3.63, 3.8) is 0 Å². The number of hydrogen-bond donors (Lipinski definition) is 0. The summed E-state index contributed by atoms with van der Waals surface area (Å²) in [5.74, 6) is -0.0677. The Morgan fingerprint density at radius 1 is 0.485 bits per heavy atom. The van der Waals surface area contributed by atoms with E-state index < -0.39 is 24.5 Å². The van der Waals surface area contributed by atoms with Crippen LogP contribution in [0.3, 0.4) is 0 Å². The minimum absolute atomic E-state index is 0.139. The fourth-order valence-electron chi connectivity index (χ4n) is 6.62. The fraction of sp³-hybridized carbons (Fsp3) is 0.440. The number of ether oxygens (including phenoxy) is 8. The van der Waals surface area contributed by atoms with Gasteiger partial charge in [0.25, 0.3) is 12.6 Å². The first-order valence-corrected chi connectivity index (χ1v) is 22.7. The van der Waals surface area contributed by atoms with Crippen molar-refractivity contribution in [3.05, 3.63) is 110 Å². The predicted octanol–water partition coefficient (Wildman–Crippen LogP) is 8.99. The Hall–Kier alpha value is -6.52. The second-order valence-corrected chi connectivity index (χ2v) is 15.3. The second kappa shape index (κ2) is 29.1. The fourth-order valence-corrected chi connectivity index (χ4v) is 6.62. The second-order valence-electron chi connectivity index (χ2n) is 15.3. The van der Waals surface area contributed by atoms with Gasteiger partial charge in [-0.2, -0.15) is 0 Å². The zero-order valence-corrected chi connectivity index (χ0v) is 37.5. The van der Waals surface area contributed by atoms with E-state index in [1.807, 2.05) is 0 Å². The van der Waals surface area contributed by atoms with E-state index in [2.05, 4.69) is 33.1 Å². The van der Waals surface area contributed by atoms with Gasteiger partial charge in [-0.1, -0.05) is 102 Å². The molecule has 0 radical (unpaired) electrons. The van der Waals surface area contributed by atoms with Gasteiger partial charge in [-0.3, -0.25) is 0 Å². The molecule has 2 aromatic carbocycles. The third-order valence-corrected chi connectivity index (χ3v) is 10.3. The monoisotopic (exact) mass is 908 g/mol. The molecule has 4 aromatic rings.